The zero-order chi connectivity index (χ0) is 27.0. The molecule has 1 saturated carbocycles. The van der Waals surface area contributed by atoms with E-state index in [1.54, 1.807) is 18.2 Å². The number of methoxy groups -OCH3 is 3. The third kappa shape index (κ3) is 5.05. The molecular formula is C22H25ClF2N6O5S. The van der Waals surface area contributed by atoms with Gasteiger partial charge in [-0.2, -0.15) is 0 Å². The molecule has 3 aromatic rings. The van der Waals surface area contributed by atoms with Crippen molar-refractivity contribution < 1.29 is 31.4 Å². The molecule has 1 N–H and O–H groups in total. The van der Waals surface area contributed by atoms with Gasteiger partial charge in [0.1, 0.15) is 34.4 Å². The van der Waals surface area contributed by atoms with Gasteiger partial charge in [0, 0.05) is 25.9 Å². The summed E-state index contributed by atoms with van der Waals surface area (Å²) >= 11 is 5.84. The smallest absolute Gasteiger partial charge is 0.258 e. The molecule has 1 aliphatic rings. The van der Waals surface area contributed by atoms with Crippen LogP contribution in [0.1, 0.15) is 43.4 Å². The third-order valence-corrected chi connectivity index (χ3v) is 8.09. The number of aromatic nitrogens is 5. The summed E-state index contributed by atoms with van der Waals surface area (Å²) < 4.78 is 75.7. The number of hydrogen-bond donors (Lipinski definition) is 1. The topological polar surface area (TPSA) is 130 Å². The van der Waals surface area contributed by atoms with Gasteiger partial charge in [-0.05, 0) is 25.5 Å². The van der Waals surface area contributed by atoms with Crippen LogP contribution in [0.2, 0.25) is 5.02 Å². The Balaban J connectivity index is 1.80. The Hall–Kier alpha value is -3.10. The lowest BCUT2D eigenvalue weighted by atomic mass is 9.80. The lowest BCUT2D eigenvalue weighted by molar-refractivity contribution is -0.0994. The molecule has 0 aliphatic heterocycles. The molecule has 37 heavy (non-hydrogen) atoms. The van der Waals surface area contributed by atoms with Crippen molar-refractivity contribution in [1.82, 2.24) is 24.7 Å². The average molecular weight is 559 g/mol. The van der Waals surface area contributed by atoms with E-state index in [9.17, 15) is 17.2 Å². The zero-order valence-corrected chi connectivity index (χ0v) is 21.9. The van der Waals surface area contributed by atoms with E-state index in [1.807, 2.05) is 0 Å². The number of halogens is 3. The van der Waals surface area contributed by atoms with E-state index >= 15 is 0 Å². The molecule has 0 unspecified atom stereocenters. The van der Waals surface area contributed by atoms with Crippen LogP contribution in [0.4, 0.5) is 14.7 Å². The first kappa shape index (κ1) is 26.9. The van der Waals surface area contributed by atoms with Crippen LogP contribution in [0.15, 0.2) is 30.6 Å². The minimum atomic E-state index is -4.26. The average Bonchev–Trinajstić information content (AvgIpc) is 3.25. The molecule has 3 atom stereocenters. The number of nitrogens with one attached hydrogen (secondary N) is 1. The number of hydrogen-bond acceptors (Lipinski definition) is 9. The first-order valence-corrected chi connectivity index (χ1v) is 13.0. The molecular weight excluding hydrogens is 534 g/mol. The molecule has 200 valence electrons. The Morgan fingerprint density at radius 1 is 1.14 bits per heavy atom. The maximum atomic E-state index is 14.5. The van der Waals surface area contributed by atoms with Crippen molar-refractivity contribution in [3.05, 3.63) is 47.3 Å². The number of ether oxygens (including phenoxy) is 3. The first-order chi connectivity index (χ1) is 17.5. The molecule has 2 heterocycles. The molecule has 1 aliphatic carbocycles. The molecule has 4 rings (SSSR count). The van der Waals surface area contributed by atoms with Crippen molar-refractivity contribution in [3.8, 4) is 17.2 Å². The van der Waals surface area contributed by atoms with Crippen molar-refractivity contribution in [2.24, 2.45) is 0 Å². The molecule has 0 saturated heterocycles. The lowest BCUT2D eigenvalue weighted by Crippen LogP contribution is -2.38. The highest BCUT2D eigenvalue weighted by atomic mass is 35.5. The van der Waals surface area contributed by atoms with Gasteiger partial charge in [0.05, 0.1) is 25.2 Å². The SMILES string of the molecule is COc1cccc(OC)c1-n1c(NS(=O)(=O)[C@@H](C)[C@H](OC)c2ncc(Cl)cn2)nnc1[C@H]1CCC1(F)F. The van der Waals surface area contributed by atoms with Crippen LogP contribution in [0, 0.1) is 0 Å². The van der Waals surface area contributed by atoms with Crippen LogP contribution in [-0.4, -0.2) is 65.7 Å². The van der Waals surface area contributed by atoms with Gasteiger partial charge >= 0.3 is 0 Å². The molecule has 11 nitrogen and oxygen atoms in total. The highest BCUT2D eigenvalue weighted by molar-refractivity contribution is 7.93. The summed E-state index contributed by atoms with van der Waals surface area (Å²) in [6.07, 6.45) is 1.38. The second-order valence-corrected chi connectivity index (χ2v) is 10.8. The Kier molecular flexibility index (Phi) is 7.53. The van der Waals surface area contributed by atoms with Crippen molar-refractivity contribution in [1.29, 1.82) is 0 Å². The van der Waals surface area contributed by atoms with Gasteiger partial charge in [-0.15, -0.1) is 10.2 Å². The molecule has 2 aromatic heterocycles. The summed E-state index contributed by atoms with van der Waals surface area (Å²) in [5.74, 6) is -4.20. The van der Waals surface area contributed by atoms with E-state index in [0.29, 0.717) is 0 Å². The summed E-state index contributed by atoms with van der Waals surface area (Å²) in [5.41, 5.74) is 0.171. The number of rotatable bonds is 10. The van der Waals surface area contributed by atoms with E-state index in [1.165, 1.54) is 45.2 Å². The summed E-state index contributed by atoms with van der Waals surface area (Å²) in [6, 6.07) is 4.81. The summed E-state index contributed by atoms with van der Waals surface area (Å²) in [7, 11) is -0.169. The zero-order valence-electron chi connectivity index (χ0n) is 20.4. The standard InChI is InChI=1S/C22H25ClF2N6O5S/c1-12(18(36-4)19-26-10-13(23)11-27-19)37(32,33)30-21-29-28-20(14-8-9-22(14,24)25)31(21)17-15(34-2)6-5-7-16(17)35-3/h5-7,10-12,14,18H,8-9H2,1-4H3,(H,29,30)/t12-,14+,18-/m0/s1. The first-order valence-electron chi connectivity index (χ1n) is 11.1. The van der Waals surface area contributed by atoms with Crippen LogP contribution in [0.3, 0.4) is 0 Å². The van der Waals surface area contributed by atoms with Crippen LogP contribution >= 0.6 is 11.6 Å². The van der Waals surface area contributed by atoms with Gasteiger partial charge in [0.15, 0.2) is 5.82 Å². The van der Waals surface area contributed by atoms with E-state index in [-0.39, 0.29) is 52.6 Å². The molecule has 0 radical (unpaired) electrons. The molecule has 0 bridgehead atoms. The molecule has 1 aromatic carbocycles. The number of sulfonamides is 1. The van der Waals surface area contributed by atoms with E-state index in [4.69, 9.17) is 25.8 Å². The van der Waals surface area contributed by atoms with Gasteiger partial charge in [-0.3, -0.25) is 9.29 Å². The third-order valence-electron chi connectivity index (χ3n) is 6.20. The monoisotopic (exact) mass is 558 g/mol. The van der Waals surface area contributed by atoms with Gasteiger partial charge in [0.25, 0.3) is 5.92 Å². The lowest BCUT2D eigenvalue weighted by Gasteiger charge is -2.35. The number of anilines is 1. The molecule has 0 spiro atoms. The second-order valence-electron chi connectivity index (χ2n) is 8.35. The van der Waals surface area contributed by atoms with Gasteiger partial charge < -0.3 is 14.2 Å². The number of alkyl halides is 2. The highest BCUT2D eigenvalue weighted by Crippen LogP contribution is 2.51. The second kappa shape index (κ2) is 10.3. The molecule has 1 fully saturated rings. The fourth-order valence-corrected chi connectivity index (χ4v) is 5.27. The van der Waals surface area contributed by atoms with Crippen LogP contribution in [-0.2, 0) is 14.8 Å². The Labute approximate surface area is 217 Å². The number of benzene rings is 1. The predicted octanol–water partition coefficient (Wildman–Crippen LogP) is 3.76. The highest BCUT2D eigenvalue weighted by Gasteiger charge is 2.52. The molecule has 15 heteroatoms. The van der Waals surface area contributed by atoms with Crippen LogP contribution < -0.4 is 14.2 Å². The maximum absolute atomic E-state index is 14.5. The normalized spacial score (nSPS) is 18.5. The Bertz CT molecular complexity index is 1350. The van der Waals surface area contributed by atoms with Crippen molar-refractivity contribution >= 4 is 27.6 Å². The number of nitrogens with zero attached hydrogens (tertiary/aromatic N) is 5. The Morgan fingerprint density at radius 3 is 2.24 bits per heavy atom. The van der Waals surface area contributed by atoms with E-state index < -0.39 is 33.2 Å². The van der Waals surface area contributed by atoms with E-state index in [2.05, 4.69) is 24.9 Å². The quantitative estimate of drug-likeness (QED) is 0.395. The van der Waals surface area contributed by atoms with Gasteiger partial charge in [0.2, 0.25) is 16.0 Å². The predicted molar refractivity (Wildman–Crippen MR) is 130 cm³/mol. The molecule has 0 amide bonds. The van der Waals surface area contributed by atoms with E-state index in [0.717, 1.165) is 0 Å². The number of para-hydroxylation sites is 1. The van der Waals surface area contributed by atoms with Crippen molar-refractivity contribution in [3.63, 3.8) is 0 Å². The van der Waals surface area contributed by atoms with Crippen molar-refractivity contribution in [2.45, 2.75) is 43.0 Å². The fraction of sp³-hybridized carbons (Fsp3) is 0.455. The summed E-state index contributed by atoms with van der Waals surface area (Å²) in [6.45, 7) is 1.39. The minimum Gasteiger partial charge on any atom is -0.494 e. The summed E-state index contributed by atoms with van der Waals surface area (Å²) in [4.78, 5) is 8.11. The van der Waals surface area contributed by atoms with Gasteiger partial charge in [-0.25, -0.2) is 27.2 Å². The van der Waals surface area contributed by atoms with Gasteiger partial charge in [-0.1, -0.05) is 17.7 Å². The summed E-state index contributed by atoms with van der Waals surface area (Å²) in [5, 5.41) is 6.93. The largest absolute Gasteiger partial charge is 0.494 e. The minimum absolute atomic E-state index is 0.0902. The van der Waals surface area contributed by atoms with Crippen molar-refractivity contribution in [2.75, 3.05) is 26.1 Å². The fourth-order valence-electron chi connectivity index (χ4n) is 4.04. The van der Waals surface area contributed by atoms with Crippen LogP contribution in [0.25, 0.3) is 5.69 Å². The Morgan fingerprint density at radius 2 is 1.76 bits per heavy atom. The van der Waals surface area contributed by atoms with Crippen LogP contribution in [0.5, 0.6) is 11.5 Å². The maximum Gasteiger partial charge on any atom is 0.258 e.